The Morgan fingerprint density at radius 3 is 1.32 bits per heavy atom. The third kappa shape index (κ3) is 8.66. The summed E-state index contributed by atoms with van der Waals surface area (Å²) in [5.41, 5.74) is 7.38. The van der Waals surface area contributed by atoms with Crippen LogP contribution in [0.15, 0.2) is 84.9 Å². The number of piperidine rings is 3. The first-order valence-corrected chi connectivity index (χ1v) is 28.0. The Morgan fingerprint density at radius 2 is 0.918 bits per heavy atom. The molecule has 4 aromatic rings. The number of phenols is 3. The standard InChI is InChI=1S/C24H27NO2.C19H24FNO2.C19H25NO3/c26-18-9-10-19-21(16-18)24-12-5-4-8-20(24)22(23(19)27)25(15-13-24)14-11-17-6-2-1-3-7-17;20-9-3-10-21-11-8-19-7-2-1-4-15(19)17(21)18(23)14-6-5-13(22)12-16(14)19;1-23-11-10-20-9-8-19-7-3-2-4-15(19)17(20)18(22)14-6-5-13(21)12-16(14)19/h1-3,6-7,9-10,16,20,22,26H,4-5,8,11-15H2;5-6,12,15,17,22H,1-4,7-11H2;5-6,12,15,17,21H,2-4,7-11H2,1H3/t20-,22-,24+;2*15-,17-,19+/m000/s1. The molecule has 6 fully saturated rings. The number of phenolic OH excluding ortho intramolecular Hbond substituents is 3. The fourth-order valence-electron chi connectivity index (χ4n) is 16.9. The molecule has 73 heavy (non-hydrogen) atoms. The summed E-state index contributed by atoms with van der Waals surface area (Å²) in [5.74, 6) is 2.67. The third-order valence-electron chi connectivity index (χ3n) is 20.1. The van der Waals surface area contributed by atoms with Crippen LogP contribution >= 0.6 is 0 Å². The molecule has 13 rings (SSSR count). The van der Waals surface area contributed by atoms with Crippen molar-refractivity contribution in [3.63, 3.8) is 0 Å². The number of alkyl halides is 1. The van der Waals surface area contributed by atoms with Gasteiger partial charge in [0.2, 0.25) is 0 Å². The number of ketones is 3. The number of hydrogen-bond acceptors (Lipinski definition) is 10. The van der Waals surface area contributed by atoms with Gasteiger partial charge in [-0.2, -0.15) is 0 Å². The zero-order chi connectivity index (χ0) is 50.5. The van der Waals surface area contributed by atoms with E-state index in [4.69, 9.17) is 4.74 Å². The van der Waals surface area contributed by atoms with Crippen molar-refractivity contribution in [1.29, 1.82) is 0 Å². The highest BCUT2D eigenvalue weighted by atomic mass is 19.1. The van der Waals surface area contributed by atoms with Crippen molar-refractivity contribution in [1.82, 2.24) is 14.7 Å². The first-order valence-electron chi connectivity index (χ1n) is 28.0. The third-order valence-corrected chi connectivity index (χ3v) is 20.1. The van der Waals surface area contributed by atoms with Gasteiger partial charge < -0.3 is 20.1 Å². The van der Waals surface area contributed by atoms with Crippen molar-refractivity contribution < 1.29 is 38.8 Å². The average molecular weight is 994 g/mol. The zero-order valence-electron chi connectivity index (χ0n) is 42.9. The minimum absolute atomic E-state index is 0.00348. The molecule has 0 spiro atoms. The molecule has 3 aliphatic heterocycles. The molecular formula is C62H76FN3O7. The minimum Gasteiger partial charge on any atom is -0.508 e. The van der Waals surface area contributed by atoms with E-state index < -0.39 is 0 Å². The lowest BCUT2D eigenvalue weighted by atomic mass is 9.52. The Morgan fingerprint density at radius 1 is 0.521 bits per heavy atom. The number of carbonyl (C=O) groups excluding carboxylic acids is 3. The van der Waals surface area contributed by atoms with Crippen molar-refractivity contribution in [3.05, 3.63) is 124 Å². The number of halogens is 1. The Hall–Kier alpha value is -4.94. The molecule has 11 heteroatoms. The van der Waals surface area contributed by atoms with E-state index in [2.05, 4.69) is 45.0 Å². The van der Waals surface area contributed by atoms with Crippen molar-refractivity contribution in [2.24, 2.45) is 17.8 Å². The number of methoxy groups -OCH3 is 1. The Kier molecular flexibility index (Phi) is 14.2. The maximum Gasteiger partial charge on any atom is 0.180 e. The van der Waals surface area contributed by atoms with Gasteiger partial charge in [-0.15, -0.1) is 0 Å². The topological polar surface area (TPSA) is 131 Å². The van der Waals surface area contributed by atoms with Crippen LogP contribution in [0.3, 0.4) is 0 Å². The normalized spacial score (nSPS) is 31.9. The molecule has 388 valence electrons. The van der Waals surface area contributed by atoms with E-state index in [-0.39, 0.29) is 69.9 Å². The van der Waals surface area contributed by atoms with Crippen LogP contribution in [0, 0.1) is 17.8 Å². The lowest BCUT2D eigenvalue weighted by molar-refractivity contribution is -0.0108. The molecule has 3 saturated heterocycles. The predicted octanol–water partition coefficient (Wildman–Crippen LogP) is 10.5. The number of benzene rings is 4. The lowest BCUT2D eigenvalue weighted by Gasteiger charge is -2.58. The molecule has 9 aliphatic rings. The summed E-state index contributed by atoms with van der Waals surface area (Å²) >= 11 is 0. The maximum atomic E-state index is 13.5. The van der Waals surface area contributed by atoms with Gasteiger partial charge in [0.05, 0.1) is 31.4 Å². The largest absolute Gasteiger partial charge is 0.508 e. The summed E-state index contributed by atoms with van der Waals surface area (Å²) in [7, 11) is 1.72. The van der Waals surface area contributed by atoms with Gasteiger partial charge >= 0.3 is 0 Å². The molecule has 0 amide bonds. The second-order valence-corrected chi connectivity index (χ2v) is 23.3. The molecule has 4 aromatic carbocycles. The summed E-state index contributed by atoms with van der Waals surface area (Å²) in [6.45, 7) is 5.59. The number of nitrogens with zero attached hydrogens (tertiary/aromatic N) is 3. The molecule has 3 heterocycles. The molecule has 0 aromatic heterocycles. The van der Waals surface area contributed by atoms with E-state index in [1.807, 2.05) is 30.3 Å². The zero-order valence-corrected chi connectivity index (χ0v) is 42.9. The quantitative estimate of drug-likeness (QED) is 0.149. The first kappa shape index (κ1) is 50.2. The summed E-state index contributed by atoms with van der Waals surface area (Å²) < 4.78 is 17.9. The van der Waals surface area contributed by atoms with Gasteiger partial charge in [-0.1, -0.05) is 68.9 Å². The number of rotatable bonds is 9. The van der Waals surface area contributed by atoms with Gasteiger partial charge in [0.25, 0.3) is 0 Å². The minimum atomic E-state index is -0.322. The van der Waals surface area contributed by atoms with Crippen molar-refractivity contribution in [2.75, 3.05) is 59.7 Å². The molecule has 6 bridgehead atoms. The SMILES string of the molecule is COCCN1CC[C@]23CCCC[C@H]2[C@H]1C(=O)c1ccc(O)cc13.O=C1c2ccc(O)cc2[C@@]23CCCC[C@H]2[C@@H]1N(CCCF)CC3.O=C1c2ccc(O)cc2[C@@]23CCCC[C@H]2[C@@H]1N(CCc1ccccc1)CC3. The lowest BCUT2D eigenvalue weighted by Crippen LogP contribution is -2.63. The van der Waals surface area contributed by atoms with Crippen LogP contribution in [0.1, 0.15) is 156 Å². The highest BCUT2D eigenvalue weighted by Crippen LogP contribution is 2.59. The van der Waals surface area contributed by atoms with E-state index in [1.54, 1.807) is 31.4 Å². The van der Waals surface area contributed by atoms with E-state index in [1.165, 1.54) is 44.1 Å². The maximum absolute atomic E-state index is 13.5. The smallest absolute Gasteiger partial charge is 0.180 e. The fraction of sp³-hybridized carbons (Fsp3) is 0.565. The van der Waals surface area contributed by atoms with Crippen molar-refractivity contribution in [2.45, 2.75) is 144 Å². The second kappa shape index (κ2) is 20.6. The molecular weight excluding hydrogens is 918 g/mol. The first-order chi connectivity index (χ1) is 35.5. The van der Waals surface area contributed by atoms with Crippen molar-refractivity contribution >= 4 is 17.3 Å². The van der Waals surface area contributed by atoms with Crippen LogP contribution in [-0.4, -0.2) is 125 Å². The van der Waals surface area contributed by atoms with Gasteiger partial charge in [0.15, 0.2) is 17.3 Å². The van der Waals surface area contributed by atoms with Crippen LogP contribution in [0.2, 0.25) is 0 Å². The van der Waals surface area contributed by atoms with Crippen LogP contribution in [-0.2, 0) is 27.4 Å². The molecule has 3 N–H and O–H groups in total. The van der Waals surface area contributed by atoms with Gasteiger partial charge in [-0.25, -0.2) is 0 Å². The van der Waals surface area contributed by atoms with Crippen LogP contribution in [0.4, 0.5) is 4.39 Å². The highest BCUT2D eigenvalue weighted by Gasteiger charge is 2.60. The number of aromatic hydroxyl groups is 3. The fourth-order valence-corrected chi connectivity index (χ4v) is 16.9. The number of fused-ring (bicyclic) bond motifs is 3. The Bertz CT molecular complexity index is 2590. The van der Waals surface area contributed by atoms with E-state index in [0.29, 0.717) is 43.1 Å². The molecule has 10 nitrogen and oxygen atoms in total. The summed E-state index contributed by atoms with van der Waals surface area (Å²) in [6, 6.07) is 26.6. The van der Waals surface area contributed by atoms with Crippen LogP contribution < -0.4 is 0 Å². The summed E-state index contributed by atoms with van der Waals surface area (Å²) in [6.07, 6.45) is 18.7. The van der Waals surface area contributed by atoms with E-state index in [0.717, 1.165) is 130 Å². The molecule has 3 saturated carbocycles. The number of ether oxygens (including phenoxy) is 1. The Balaban J connectivity index is 0.000000119. The molecule has 0 radical (unpaired) electrons. The number of likely N-dealkylation sites (tertiary alicyclic amines) is 3. The number of Topliss-reactive ketones (excluding diaryl/α,β-unsaturated/α-hetero) is 3. The monoisotopic (exact) mass is 994 g/mol. The van der Waals surface area contributed by atoms with E-state index in [9.17, 15) is 34.1 Å². The van der Waals surface area contributed by atoms with E-state index >= 15 is 0 Å². The van der Waals surface area contributed by atoms with Crippen molar-refractivity contribution in [3.8, 4) is 17.2 Å². The molecule has 9 atom stereocenters. The Labute approximate surface area is 431 Å². The average Bonchev–Trinajstić information content (AvgIpc) is 3.42. The van der Waals surface area contributed by atoms with Gasteiger partial charge in [-0.3, -0.25) is 33.5 Å². The summed E-state index contributed by atoms with van der Waals surface area (Å²) in [5, 5.41) is 30.1. The predicted molar refractivity (Wildman–Crippen MR) is 281 cm³/mol. The van der Waals surface area contributed by atoms with Crippen LogP contribution in [0.5, 0.6) is 17.2 Å². The summed E-state index contributed by atoms with van der Waals surface area (Å²) in [4.78, 5) is 46.9. The van der Waals surface area contributed by atoms with Crippen LogP contribution in [0.25, 0.3) is 0 Å². The molecule has 0 unspecified atom stereocenters. The molecule has 6 aliphatic carbocycles. The number of carbonyl (C=O) groups is 3. The van der Waals surface area contributed by atoms with Gasteiger partial charge in [0, 0.05) is 59.7 Å². The number of hydrogen-bond donors (Lipinski definition) is 3. The second-order valence-electron chi connectivity index (χ2n) is 23.3. The van der Waals surface area contributed by atoms with Gasteiger partial charge in [0.1, 0.15) is 17.2 Å². The van der Waals surface area contributed by atoms with Gasteiger partial charge in [-0.05, 0) is 185 Å². The highest BCUT2D eigenvalue weighted by molar-refractivity contribution is 6.05.